The fraction of sp³-hybridized carbons (Fsp3) is 0.500. The van der Waals surface area contributed by atoms with Gasteiger partial charge in [-0.2, -0.15) is 11.8 Å². The molecule has 0 unspecified atom stereocenters. The van der Waals surface area contributed by atoms with E-state index in [0.29, 0.717) is 78.6 Å². The molecule has 3 aliphatic heterocycles. The number of aromatic nitrogens is 4. The van der Waals surface area contributed by atoms with Crippen molar-refractivity contribution >= 4 is 78.2 Å². The first kappa shape index (κ1) is 102. The Hall–Kier alpha value is -9.63. The van der Waals surface area contributed by atoms with Crippen molar-refractivity contribution in [3.8, 4) is 23.0 Å². The molecule has 13 rings (SSSR count). The lowest BCUT2D eigenvalue weighted by atomic mass is 9.74. The lowest BCUT2D eigenvalue weighted by Gasteiger charge is -2.45. The topological polar surface area (TPSA) is 302 Å². The lowest BCUT2D eigenvalue weighted by Crippen LogP contribution is -2.61. The van der Waals surface area contributed by atoms with Gasteiger partial charge >= 0.3 is 21.0 Å². The summed E-state index contributed by atoms with van der Waals surface area (Å²) in [5.74, 6) is 2.61. The van der Waals surface area contributed by atoms with E-state index in [4.69, 9.17) is 84.1 Å². The van der Waals surface area contributed by atoms with Crippen LogP contribution in [-0.2, 0) is 82.1 Å². The van der Waals surface area contributed by atoms with E-state index in [0.717, 1.165) is 109 Å². The van der Waals surface area contributed by atoms with Crippen LogP contribution >= 0.6 is 11.8 Å². The Kier molecular flexibility index (Phi) is 37.5. The van der Waals surface area contributed by atoms with Gasteiger partial charge in [0, 0.05) is 51.0 Å². The van der Waals surface area contributed by atoms with Crippen LogP contribution in [0.15, 0.2) is 201 Å². The highest BCUT2D eigenvalue weighted by Gasteiger charge is 2.60. The van der Waals surface area contributed by atoms with E-state index < -0.39 is 79.8 Å². The molecule has 1 aliphatic carbocycles. The number of thioether (sulfide) groups is 1. The number of nitrogens with zero attached hydrogens (tertiary/aromatic N) is 5. The molecule has 4 amide bonds. The standard InChI is InChI=1S/C102H137N9O19SSi3/c1-116-64-66-122-100(123-67-65-117-2)127-94-93(126-98(114)85(68-73-36-24-20-25-37-73)107-90(113)46-32-23-35-63-103-89(112)45-34-33-44-88-91-86(70-131-88)111(99(115)108-91)102(77-40-28-22-29-41-77,78-51-59-82(120-5)60-52-78)79-53-61-83(121-6)62-54-79)87(69-124-134(129-132(7,8)9,130-133(10,11)12)128-84-42-30-18-16-14-13-15-17-19-31-43-84)125-97(94)110-72-106-92-95(104-71-105-96(92)110)109-101(74-38-26-21-27-39-74,75-47-55-80(118-3)56-48-75)76-49-57-81(119-4)58-50-76/h20-22,24-29,36-41,47-62,71-72,84-88,91,93-94,97,100H,13-19,23,30-35,42-46,63-70H2,1-12H3,(H,103,112)(H,107,113)(H,108,115)(H,104,105,109)/t85-,86-,87+,88-,91-,93+,94+,97+/m0/s1/i98+1. The first-order chi connectivity index (χ1) is 65.0. The fourth-order valence-corrected chi connectivity index (χ4v) is 28.5. The molecule has 7 aromatic carbocycles. The second-order valence-corrected chi connectivity index (χ2v) is 49.5. The normalized spacial score (nSPS) is 19.1. The van der Waals surface area contributed by atoms with E-state index in [9.17, 15) is 14.4 Å². The monoisotopic (exact) mass is 1910 g/mol. The number of carbonyl (C=O) groups is 4. The maximum atomic E-state index is 16.1. The number of nitrogens with one attached hydrogen (secondary N) is 4. The number of hydrogen-bond acceptors (Lipinski definition) is 24. The predicted molar refractivity (Wildman–Crippen MR) is 524 cm³/mol. The largest absolute Gasteiger partial charge is 0.658 e. The number of fused-ring (bicyclic) bond motifs is 2. The van der Waals surface area contributed by atoms with Gasteiger partial charge in [-0.15, -0.1) is 0 Å². The minimum absolute atomic E-state index is 0.0187. The summed E-state index contributed by atoms with van der Waals surface area (Å²) in [6.45, 7) is 11.6. The van der Waals surface area contributed by atoms with E-state index in [-0.39, 0.29) is 87.2 Å². The molecule has 3 saturated heterocycles. The number of methoxy groups -OCH3 is 6. The van der Waals surface area contributed by atoms with E-state index >= 15 is 4.79 Å². The summed E-state index contributed by atoms with van der Waals surface area (Å²) in [6.07, 6.45) is 13.5. The number of esters is 1. The van der Waals surface area contributed by atoms with E-state index in [1.165, 1.54) is 25.6 Å². The second kappa shape index (κ2) is 49.4. The van der Waals surface area contributed by atoms with Gasteiger partial charge in [0.15, 0.2) is 45.9 Å². The Morgan fingerprint density at radius 3 is 1.60 bits per heavy atom. The zero-order valence-corrected chi connectivity index (χ0v) is 83.6. The average molecular weight is 1910 g/mol. The maximum Gasteiger partial charge on any atom is 0.658 e. The molecule has 0 spiro atoms. The first-order valence-electron chi connectivity index (χ1n) is 47.4. The van der Waals surface area contributed by atoms with Crippen molar-refractivity contribution in [2.45, 2.75) is 239 Å². The summed E-state index contributed by atoms with van der Waals surface area (Å²) in [4.78, 5) is 76.4. The fourth-order valence-electron chi connectivity index (χ4n) is 18.5. The molecule has 28 nitrogen and oxygen atoms in total. The number of imidazole rings is 1. The summed E-state index contributed by atoms with van der Waals surface area (Å²) in [5.41, 5.74) is 4.59. The third kappa shape index (κ3) is 26.6. The molecule has 1 saturated carbocycles. The van der Waals surface area contributed by atoms with E-state index in [1.807, 2.05) is 151 Å². The molecular weight excluding hydrogens is 1770 g/mol. The molecule has 32 heteroatoms. The molecule has 4 N–H and O–H groups in total. The molecule has 8 atom stereocenters. The highest BCUT2D eigenvalue weighted by Crippen LogP contribution is 2.51. The van der Waals surface area contributed by atoms with Crippen molar-refractivity contribution in [1.29, 1.82) is 0 Å². The van der Waals surface area contributed by atoms with Gasteiger partial charge in [-0.1, -0.05) is 210 Å². The van der Waals surface area contributed by atoms with Gasteiger partial charge in [0.25, 0.3) is 6.48 Å². The molecule has 9 aromatic rings. The summed E-state index contributed by atoms with van der Waals surface area (Å²) >= 11 is 1.87. The Balaban J connectivity index is 0.750. The molecule has 5 heterocycles. The van der Waals surface area contributed by atoms with Gasteiger partial charge in [0.05, 0.1) is 86.0 Å². The highest BCUT2D eigenvalue weighted by molar-refractivity contribution is 8.00. The van der Waals surface area contributed by atoms with Gasteiger partial charge in [0.2, 0.25) is 11.8 Å². The second-order valence-electron chi connectivity index (χ2n) is 36.6. The van der Waals surface area contributed by atoms with Gasteiger partial charge in [-0.3, -0.25) is 14.2 Å². The molecule has 2 aromatic heterocycles. The zero-order valence-electron chi connectivity index (χ0n) is 79.8. The number of ether oxygens (including phenoxy) is 11. The van der Waals surface area contributed by atoms with Crippen molar-refractivity contribution in [2.24, 2.45) is 0 Å². The van der Waals surface area contributed by atoms with Crippen LogP contribution in [0.5, 0.6) is 23.0 Å². The van der Waals surface area contributed by atoms with Crippen molar-refractivity contribution in [3.63, 3.8) is 0 Å². The number of rotatable bonds is 49. The van der Waals surface area contributed by atoms with E-state index in [2.05, 4.69) is 114 Å². The van der Waals surface area contributed by atoms with Crippen LogP contribution in [0.25, 0.3) is 11.2 Å². The van der Waals surface area contributed by atoms with Crippen LogP contribution < -0.4 is 40.2 Å². The zero-order chi connectivity index (χ0) is 94.5. The van der Waals surface area contributed by atoms with Crippen LogP contribution in [0.1, 0.15) is 167 Å². The molecule has 0 radical (unpaired) electrons. The van der Waals surface area contributed by atoms with Gasteiger partial charge < -0.3 is 95.4 Å². The third-order valence-corrected chi connectivity index (χ3v) is 34.4. The van der Waals surface area contributed by atoms with E-state index in [1.54, 1.807) is 53.6 Å². The minimum atomic E-state index is -4.28. The maximum absolute atomic E-state index is 16.1. The molecule has 134 heavy (non-hydrogen) atoms. The first-order valence-corrected chi connectivity index (χ1v) is 56.9. The third-order valence-electron chi connectivity index (χ3n) is 24.9. The van der Waals surface area contributed by atoms with Crippen LogP contribution in [0.2, 0.25) is 39.3 Å². The number of amides is 4. The van der Waals surface area contributed by atoms with Gasteiger partial charge in [0.1, 0.15) is 58.7 Å². The Morgan fingerprint density at radius 1 is 0.560 bits per heavy atom. The van der Waals surface area contributed by atoms with Crippen molar-refractivity contribution in [1.82, 2.24) is 40.4 Å². The molecule has 4 fully saturated rings. The summed E-state index contributed by atoms with van der Waals surface area (Å²) in [6, 6.07) is 59.8. The summed E-state index contributed by atoms with van der Waals surface area (Å²) in [7, 11) is 0.121. The smallest absolute Gasteiger partial charge is 0.497 e. The highest BCUT2D eigenvalue weighted by atomic mass is 32.2. The molecular formula is C102H137N9O19SSi3. The van der Waals surface area contributed by atoms with Gasteiger partial charge in [-0.25, -0.2) is 24.5 Å². The van der Waals surface area contributed by atoms with Crippen molar-refractivity contribution in [3.05, 3.63) is 240 Å². The number of hydrogen-bond donors (Lipinski definition) is 4. The van der Waals surface area contributed by atoms with Crippen LogP contribution in [0.4, 0.5) is 10.6 Å². The molecule has 0 bridgehead atoms. The average Bonchev–Trinajstić information content (AvgIpc) is 1.51. The number of carbonyl (C=O) groups excluding carboxylic acids is 4. The van der Waals surface area contributed by atoms with Crippen LogP contribution in [-0.4, -0.2) is 216 Å². The molecule has 4 aliphatic rings. The summed E-state index contributed by atoms with van der Waals surface area (Å²) < 4.78 is 99.6. The summed E-state index contributed by atoms with van der Waals surface area (Å²) in [5, 5.41) is 13.7. The van der Waals surface area contributed by atoms with Gasteiger partial charge in [-0.05, 0) is 165 Å². The number of urea groups is 1. The number of anilines is 1. The Morgan fingerprint density at radius 2 is 1.06 bits per heavy atom. The quantitative estimate of drug-likeness (QED) is 0.00524. The lowest BCUT2D eigenvalue weighted by molar-refractivity contribution is -0.321. The minimum Gasteiger partial charge on any atom is -0.497 e. The number of unbranched alkanes of at least 4 members (excludes halogenated alkanes) is 3. The SMILES string of the molecule is COCCOC(OCCOC)O[C@@H]1[C@H](O[13C](=O)[C@H](Cc2ccccc2)NC(=O)CCCCCNC(=O)CCCC[C@@H]2SC[C@H]3[C@@H]2NC(=O)N3C(c2ccccc2)(c2ccc(OC)cc2)c2ccc(OC)cc2)[C@@H](CO[Si](OC2CCCCCCCCCCC2)(O[Si](C)(C)C)O[Si](C)(C)C)O[C@H]1n1cnc2c(NC(c3ccccc3)(c3ccc(OC)cc3)c3ccc(OC)cc3)ncnc21. The Labute approximate surface area is 797 Å². The van der Waals surface area contributed by atoms with Crippen LogP contribution in [0.3, 0.4) is 0 Å². The molecule has 722 valence electrons. The van der Waals surface area contributed by atoms with Crippen LogP contribution in [0, 0.1) is 0 Å². The number of benzene rings is 7. The van der Waals surface area contributed by atoms with Crippen molar-refractivity contribution < 1.29 is 88.4 Å². The predicted octanol–water partition coefficient (Wildman–Crippen LogP) is 17.7. The van der Waals surface area contributed by atoms with Crippen molar-refractivity contribution in [2.75, 3.05) is 93.3 Å². The Bertz CT molecular complexity index is 4980.